The Morgan fingerprint density at radius 2 is 2.29 bits per heavy atom. The van der Waals surface area contributed by atoms with Crippen LogP contribution in [0.2, 0.25) is 0 Å². The van der Waals surface area contributed by atoms with Crippen LogP contribution in [0.4, 0.5) is 5.69 Å². The lowest BCUT2D eigenvalue weighted by molar-refractivity contribution is -0.385. The number of nitrogens with zero attached hydrogens (tertiary/aromatic N) is 1. The van der Waals surface area contributed by atoms with Gasteiger partial charge in [-0.3, -0.25) is 10.1 Å². The van der Waals surface area contributed by atoms with Crippen molar-refractivity contribution in [2.45, 2.75) is 18.3 Å². The van der Waals surface area contributed by atoms with E-state index in [1.54, 1.807) is 6.07 Å². The predicted octanol–water partition coefficient (Wildman–Crippen LogP) is 2.43. The second-order valence-electron chi connectivity index (χ2n) is 4.65. The minimum Gasteiger partial charge on any atom is -0.258 e. The second kappa shape index (κ2) is 1.85. The molecule has 0 spiro atoms. The third-order valence-corrected chi connectivity index (χ3v) is 4.27. The molecule has 0 N–H and O–H groups in total. The highest BCUT2D eigenvalue weighted by Gasteiger charge is 2.70. The molecule has 0 heterocycles. The van der Waals surface area contributed by atoms with Crippen LogP contribution in [0.15, 0.2) is 18.2 Å². The van der Waals surface area contributed by atoms with Crippen LogP contribution in [0.5, 0.6) is 0 Å². The van der Waals surface area contributed by atoms with E-state index in [9.17, 15) is 10.1 Å². The van der Waals surface area contributed by atoms with Gasteiger partial charge in [-0.25, -0.2) is 0 Å². The fourth-order valence-electron chi connectivity index (χ4n) is 3.66. The van der Waals surface area contributed by atoms with Gasteiger partial charge in [-0.2, -0.15) is 0 Å². The molecule has 14 heavy (non-hydrogen) atoms. The van der Waals surface area contributed by atoms with Crippen molar-refractivity contribution in [1.82, 2.24) is 0 Å². The normalized spacial score (nSPS) is 39.7. The average molecular weight is 187 g/mol. The second-order valence-corrected chi connectivity index (χ2v) is 4.65. The lowest BCUT2D eigenvalue weighted by atomic mass is 9.78. The third-order valence-electron chi connectivity index (χ3n) is 4.27. The fraction of sp³-hybridized carbons (Fsp3) is 0.455. The van der Waals surface area contributed by atoms with Gasteiger partial charge in [-0.15, -0.1) is 0 Å². The van der Waals surface area contributed by atoms with Crippen LogP contribution >= 0.6 is 0 Å². The summed E-state index contributed by atoms with van der Waals surface area (Å²) in [5, 5.41) is 10.9. The smallest absolute Gasteiger partial charge is 0.258 e. The van der Waals surface area contributed by atoms with E-state index in [-0.39, 0.29) is 4.92 Å². The summed E-state index contributed by atoms with van der Waals surface area (Å²) in [5.41, 5.74) is 2.71. The van der Waals surface area contributed by atoms with Crippen molar-refractivity contribution in [2.24, 2.45) is 11.8 Å². The Labute approximate surface area is 80.9 Å². The molecule has 1 aromatic carbocycles. The van der Waals surface area contributed by atoms with Crippen molar-refractivity contribution >= 4 is 5.69 Å². The number of nitro groups is 1. The minimum absolute atomic E-state index is 0.223. The maximum Gasteiger partial charge on any atom is 0.273 e. The molecule has 1 aromatic rings. The van der Waals surface area contributed by atoms with Gasteiger partial charge >= 0.3 is 0 Å². The summed E-state index contributed by atoms with van der Waals surface area (Å²) in [7, 11) is 0. The summed E-state index contributed by atoms with van der Waals surface area (Å²) < 4.78 is 0. The van der Waals surface area contributed by atoms with Crippen molar-refractivity contribution in [3.8, 4) is 0 Å². The Hall–Kier alpha value is -1.38. The molecule has 0 radical (unpaired) electrons. The zero-order valence-corrected chi connectivity index (χ0v) is 7.51. The Morgan fingerprint density at radius 3 is 3.07 bits per heavy atom. The fourth-order valence-corrected chi connectivity index (χ4v) is 3.66. The summed E-state index contributed by atoms with van der Waals surface area (Å²) >= 11 is 0. The van der Waals surface area contributed by atoms with E-state index in [0.29, 0.717) is 17.5 Å². The highest BCUT2D eigenvalue weighted by Crippen LogP contribution is 2.79. The molecule has 2 saturated carbocycles. The minimum atomic E-state index is -0.223. The molecule has 0 bridgehead atoms. The van der Waals surface area contributed by atoms with E-state index in [1.165, 1.54) is 12.0 Å². The summed E-state index contributed by atoms with van der Waals surface area (Å²) in [6.07, 6.45) is 1.28. The summed E-state index contributed by atoms with van der Waals surface area (Å²) in [6.45, 7) is 0. The van der Waals surface area contributed by atoms with Crippen LogP contribution in [-0.2, 0) is 0 Å². The Kier molecular flexibility index (Phi) is 0.923. The monoisotopic (exact) mass is 187 g/mol. The van der Waals surface area contributed by atoms with Crippen LogP contribution in [0, 0.1) is 22.0 Å². The molecular formula is C11H9NO2. The van der Waals surface area contributed by atoms with Gasteiger partial charge in [-0.1, -0.05) is 12.1 Å². The van der Waals surface area contributed by atoms with Crippen molar-refractivity contribution in [1.29, 1.82) is 0 Å². The molecule has 0 unspecified atom stereocenters. The summed E-state index contributed by atoms with van der Waals surface area (Å²) in [6, 6.07) is 5.56. The standard InChI is InChI=1S/C11H9NO2/c13-12(14)8-3-1-2-5-6-4-7-9(6)11(7)10(5)8/h1-3,6-7,9,11H,4H2/t6-,7+,9-,11+/m0/s1. The SMILES string of the molecule is O=[N+]([O-])c1cccc2c1[C@@H]1[C@@H]3C[C@@H]2[C@@H]31. The van der Waals surface area contributed by atoms with Crippen molar-refractivity contribution < 1.29 is 4.92 Å². The van der Waals surface area contributed by atoms with Gasteiger partial charge in [0.05, 0.1) is 4.92 Å². The first-order valence-corrected chi connectivity index (χ1v) is 5.06. The zero-order chi connectivity index (χ0) is 9.45. The number of hydrogen-bond donors (Lipinski definition) is 0. The highest BCUT2D eigenvalue weighted by molar-refractivity contribution is 5.60. The van der Waals surface area contributed by atoms with E-state index < -0.39 is 0 Å². The van der Waals surface area contributed by atoms with Crippen LogP contribution in [-0.4, -0.2) is 4.92 Å². The first-order chi connectivity index (χ1) is 6.79. The van der Waals surface area contributed by atoms with Gasteiger partial charge in [0.25, 0.3) is 5.69 Å². The Balaban J connectivity index is 2.00. The summed E-state index contributed by atoms with van der Waals surface area (Å²) in [5.74, 6) is 2.80. The van der Waals surface area contributed by atoms with Gasteiger partial charge in [0, 0.05) is 11.6 Å². The topological polar surface area (TPSA) is 43.1 Å². The molecule has 0 amide bonds. The lowest BCUT2D eigenvalue weighted by Crippen LogP contribution is -2.14. The Morgan fingerprint density at radius 1 is 1.43 bits per heavy atom. The van der Waals surface area contributed by atoms with E-state index in [1.807, 2.05) is 6.07 Å². The molecule has 0 aliphatic heterocycles. The van der Waals surface area contributed by atoms with Crippen LogP contribution in [0.3, 0.4) is 0 Å². The van der Waals surface area contributed by atoms with Crippen LogP contribution < -0.4 is 0 Å². The number of rotatable bonds is 1. The molecule has 3 nitrogen and oxygen atoms in total. The van der Waals surface area contributed by atoms with E-state index in [4.69, 9.17) is 0 Å². The largest absolute Gasteiger partial charge is 0.273 e. The van der Waals surface area contributed by atoms with Crippen LogP contribution in [0.1, 0.15) is 29.4 Å². The van der Waals surface area contributed by atoms with Crippen LogP contribution in [0.25, 0.3) is 0 Å². The Bertz CT molecular complexity index is 468. The number of fused-ring (bicyclic) bond motifs is 4. The molecule has 3 heteroatoms. The molecule has 0 saturated heterocycles. The molecular weight excluding hydrogens is 178 g/mol. The van der Waals surface area contributed by atoms with E-state index >= 15 is 0 Å². The number of hydrogen-bond acceptors (Lipinski definition) is 2. The first-order valence-electron chi connectivity index (χ1n) is 5.06. The van der Waals surface area contributed by atoms with Gasteiger partial charge in [-0.05, 0) is 35.7 Å². The predicted molar refractivity (Wildman–Crippen MR) is 50.2 cm³/mol. The van der Waals surface area contributed by atoms with E-state index in [2.05, 4.69) is 6.07 Å². The maximum atomic E-state index is 10.9. The highest BCUT2D eigenvalue weighted by atomic mass is 16.6. The third kappa shape index (κ3) is 0.541. The van der Waals surface area contributed by atoms with E-state index in [0.717, 1.165) is 17.4 Å². The zero-order valence-electron chi connectivity index (χ0n) is 7.51. The molecule has 4 rings (SSSR count). The molecule has 3 aliphatic carbocycles. The lowest BCUT2D eigenvalue weighted by Gasteiger charge is -2.26. The van der Waals surface area contributed by atoms with Crippen molar-refractivity contribution in [3.63, 3.8) is 0 Å². The average Bonchev–Trinajstić information content (AvgIpc) is 2.61. The molecule has 0 aromatic heterocycles. The van der Waals surface area contributed by atoms with Gasteiger partial charge in [0.2, 0.25) is 0 Å². The summed E-state index contributed by atoms with van der Waals surface area (Å²) in [4.78, 5) is 10.6. The van der Waals surface area contributed by atoms with Gasteiger partial charge in [0.1, 0.15) is 0 Å². The van der Waals surface area contributed by atoms with Gasteiger partial charge < -0.3 is 0 Å². The quantitative estimate of drug-likeness (QED) is 0.500. The molecule has 4 atom stereocenters. The van der Waals surface area contributed by atoms with Crippen molar-refractivity contribution in [3.05, 3.63) is 39.4 Å². The van der Waals surface area contributed by atoms with Crippen molar-refractivity contribution in [2.75, 3.05) is 0 Å². The molecule has 3 aliphatic rings. The maximum absolute atomic E-state index is 10.9. The molecule has 70 valence electrons. The first kappa shape index (κ1) is 6.98. The number of benzene rings is 1. The van der Waals surface area contributed by atoms with Gasteiger partial charge in [0.15, 0.2) is 0 Å². The number of nitro benzene ring substituents is 1. The molecule has 2 fully saturated rings.